The fraction of sp³-hybridized carbons (Fsp3) is 0.500. The number of amides is 1. The topological polar surface area (TPSA) is 92.4 Å². The maximum absolute atomic E-state index is 12.0. The van der Waals surface area contributed by atoms with Crippen LogP contribution in [0, 0.1) is 5.92 Å². The van der Waals surface area contributed by atoms with E-state index in [2.05, 4.69) is 32.5 Å². The summed E-state index contributed by atoms with van der Waals surface area (Å²) in [6.45, 7) is 5.37. The van der Waals surface area contributed by atoms with Crippen LogP contribution in [0.15, 0.2) is 24.5 Å². The highest BCUT2D eigenvalue weighted by molar-refractivity contribution is 5.93. The SMILES string of the molecule is CCN1CC[C@@H]1CNc1cnn(C)c1-c1ccc2nc(NC(=O)C3CC3)cn2n1. The summed E-state index contributed by atoms with van der Waals surface area (Å²) < 4.78 is 3.54. The Labute approximate surface area is 169 Å². The summed E-state index contributed by atoms with van der Waals surface area (Å²) in [4.78, 5) is 18.9. The number of hydrogen-bond acceptors (Lipinski definition) is 6. The molecule has 1 atom stereocenters. The first kappa shape index (κ1) is 18.1. The van der Waals surface area contributed by atoms with Crippen molar-refractivity contribution in [1.29, 1.82) is 0 Å². The van der Waals surface area contributed by atoms with Crippen LogP contribution in [-0.2, 0) is 11.8 Å². The van der Waals surface area contributed by atoms with Gasteiger partial charge in [0.05, 0.1) is 18.1 Å². The molecule has 0 aromatic carbocycles. The Morgan fingerprint density at radius 2 is 2.14 bits per heavy atom. The molecule has 1 amide bonds. The van der Waals surface area contributed by atoms with E-state index in [0.29, 0.717) is 17.5 Å². The van der Waals surface area contributed by atoms with Crippen molar-refractivity contribution in [3.05, 3.63) is 24.5 Å². The molecule has 0 bridgehead atoms. The first-order valence-corrected chi connectivity index (χ1v) is 10.3. The van der Waals surface area contributed by atoms with Crippen molar-refractivity contribution in [3.8, 4) is 11.4 Å². The molecule has 2 aliphatic rings. The number of aryl methyl sites for hydroxylation is 1. The van der Waals surface area contributed by atoms with E-state index in [9.17, 15) is 4.79 Å². The molecule has 1 saturated carbocycles. The number of anilines is 2. The van der Waals surface area contributed by atoms with E-state index in [0.717, 1.165) is 43.0 Å². The van der Waals surface area contributed by atoms with Gasteiger partial charge in [-0.2, -0.15) is 10.2 Å². The molecule has 9 heteroatoms. The summed E-state index contributed by atoms with van der Waals surface area (Å²) in [5, 5.41) is 15.6. The van der Waals surface area contributed by atoms with E-state index < -0.39 is 0 Å². The minimum Gasteiger partial charge on any atom is -0.380 e. The number of nitrogens with zero attached hydrogens (tertiary/aromatic N) is 6. The average Bonchev–Trinajstić information content (AvgIpc) is 3.37. The van der Waals surface area contributed by atoms with Gasteiger partial charge in [-0.1, -0.05) is 6.92 Å². The molecular weight excluding hydrogens is 368 g/mol. The molecule has 0 spiro atoms. The number of likely N-dealkylation sites (N-methyl/N-ethyl adjacent to an activating group) is 1. The predicted molar refractivity (Wildman–Crippen MR) is 111 cm³/mol. The lowest BCUT2D eigenvalue weighted by molar-refractivity contribution is -0.117. The van der Waals surface area contributed by atoms with Crippen molar-refractivity contribution in [2.75, 3.05) is 30.3 Å². The summed E-state index contributed by atoms with van der Waals surface area (Å²) in [6.07, 6.45) is 6.77. The van der Waals surface area contributed by atoms with Gasteiger partial charge in [0, 0.05) is 32.1 Å². The van der Waals surface area contributed by atoms with Crippen molar-refractivity contribution >= 4 is 23.1 Å². The lowest BCUT2D eigenvalue weighted by atomic mass is 10.0. The molecule has 9 nitrogen and oxygen atoms in total. The normalized spacial score (nSPS) is 19.3. The third kappa shape index (κ3) is 3.46. The molecule has 1 saturated heterocycles. The Hall–Kier alpha value is -2.94. The smallest absolute Gasteiger partial charge is 0.228 e. The zero-order chi connectivity index (χ0) is 20.0. The van der Waals surface area contributed by atoms with Crippen LogP contribution in [0.3, 0.4) is 0 Å². The third-order valence-electron chi connectivity index (χ3n) is 5.90. The zero-order valence-corrected chi connectivity index (χ0v) is 16.8. The van der Waals surface area contributed by atoms with Crippen LogP contribution in [0.5, 0.6) is 0 Å². The first-order chi connectivity index (χ1) is 14.1. The quantitative estimate of drug-likeness (QED) is 0.637. The highest BCUT2D eigenvalue weighted by atomic mass is 16.2. The second-order valence-corrected chi connectivity index (χ2v) is 7.89. The number of carbonyl (C=O) groups excluding carboxylic acids is 1. The van der Waals surface area contributed by atoms with E-state index >= 15 is 0 Å². The van der Waals surface area contributed by atoms with Gasteiger partial charge in [-0.3, -0.25) is 14.4 Å². The van der Waals surface area contributed by atoms with Crippen molar-refractivity contribution in [2.24, 2.45) is 13.0 Å². The maximum Gasteiger partial charge on any atom is 0.228 e. The van der Waals surface area contributed by atoms with Gasteiger partial charge in [-0.25, -0.2) is 9.50 Å². The summed E-state index contributed by atoms with van der Waals surface area (Å²) in [5.41, 5.74) is 3.42. The largest absolute Gasteiger partial charge is 0.380 e. The van der Waals surface area contributed by atoms with Crippen molar-refractivity contribution in [1.82, 2.24) is 29.3 Å². The molecule has 3 aromatic heterocycles. The number of imidazole rings is 1. The number of rotatable bonds is 7. The van der Waals surface area contributed by atoms with Crippen LogP contribution in [0.2, 0.25) is 0 Å². The fourth-order valence-electron chi connectivity index (χ4n) is 3.88. The Balaban J connectivity index is 1.37. The Morgan fingerprint density at radius 1 is 1.28 bits per heavy atom. The molecule has 29 heavy (non-hydrogen) atoms. The molecular formula is C20H26N8O. The van der Waals surface area contributed by atoms with Crippen LogP contribution < -0.4 is 10.6 Å². The molecule has 4 heterocycles. The van der Waals surface area contributed by atoms with E-state index in [4.69, 9.17) is 5.10 Å². The molecule has 2 fully saturated rings. The molecule has 0 unspecified atom stereocenters. The van der Waals surface area contributed by atoms with Gasteiger partial charge in [0.2, 0.25) is 5.91 Å². The highest BCUT2D eigenvalue weighted by Crippen LogP contribution is 2.30. The third-order valence-corrected chi connectivity index (χ3v) is 5.90. The van der Waals surface area contributed by atoms with E-state index in [1.165, 1.54) is 13.0 Å². The zero-order valence-electron chi connectivity index (χ0n) is 16.8. The van der Waals surface area contributed by atoms with Gasteiger partial charge < -0.3 is 10.6 Å². The van der Waals surface area contributed by atoms with Crippen molar-refractivity contribution in [3.63, 3.8) is 0 Å². The van der Waals surface area contributed by atoms with E-state index in [1.54, 1.807) is 10.7 Å². The predicted octanol–water partition coefficient (Wildman–Crippen LogP) is 1.98. The highest BCUT2D eigenvalue weighted by Gasteiger charge is 2.30. The number of carbonyl (C=O) groups is 1. The van der Waals surface area contributed by atoms with Crippen LogP contribution >= 0.6 is 0 Å². The minimum atomic E-state index is 0.0452. The maximum atomic E-state index is 12.0. The first-order valence-electron chi connectivity index (χ1n) is 10.3. The van der Waals surface area contributed by atoms with Crippen LogP contribution in [0.25, 0.3) is 17.0 Å². The number of likely N-dealkylation sites (tertiary alicyclic amines) is 1. The number of fused-ring (bicyclic) bond motifs is 1. The van der Waals surface area contributed by atoms with Gasteiger partial charge in [-0.15, -0.1) is 0 Å². The second kappa shape index (κ2) is 7.14. The molecule has 5 rings (SSSR count). The minimum absolute atomic E-state index is 0.0452. The van der Waals surface area contributed by atoms with Gasteiger partial charge in [-0.05, 0) is 37.9 Å². The summed E-state index contributed by atoms with van der Waals surface area (Å²) in [6, 6.07) is 4.44. The Morgan fingerprint density at radius 3 is 2.86 bits per heavy atom. The van der Waals surface area contributed by atoms with Crippen LogP contribution in [0.1, 0.15) is 26.2 Å². The summed E-state index contributed by atoms with van der Waals surface area (Å²) >= 11 is 0. The van der Waals surface area contributed by atoms with Crippen LogP contribution in [0.4, 0.5) is 11.5 Å². The Bertz CT molecular complexity index is 1050. The molecule has 152 valence electrons. The molecule has 3 aromatic rings. The van der Waals surface area contributed by atoms with Crippen molar-refractivity contribution < 1.29 is 4.79 Å². The molecule has 1 aliphatic heterocycles. The Kier molecular flexibility index (Phi) is 4.46. The van der Waals surface area contributed by atoms with Gasteiger partial charge in [0.25, 0.3) is 0 Å². The van der Waals surface area contributed by atoms with E-state index in [1.807, 2.05) is 30.1 Å². The van der Waals surface area contributed by atoms with Gasteiger partial charge >= 0.3 is 0 Å². The van der Waals surface area contributed by atoms with E-state index in [-0.39, 0.29) is 11.8 Å². The number of hydrogen-bond donors (Lipinski definition) is 2. The fourth-order valence-corrected chi connectivity index (χ4v) is 3.88. The summed E-state index contributed by atoms with van der Waals surface area (Å²) in [7, 11) is 1.92. The van der Waals surface area contributed by atoms with Crippen molar-refractivity contribution in [2.45, 2.75) is 32.2 Å². The number of aromatic nitrogens is 5. The number of nitrogens with one attached hydrogen (secondary N) is 2. The second-order valence-electron chi connectivity index (χ2n) is 7.89. The summed E-state index contributed by atoms with van der Waals surface area (Å²) in [5.74, 6) is 0.731. The standard InChI is InChI=1S/C20H26N8O/c1-3-27-9-8-14(27)10-21-16-11-22-26(2)19(16)15-6-7-18-23-17(12-28(18)25-15)24-20(29)13-4-5-13/h6-7,11-14,21H,3-5,8-10H2,1-2H3,(H,24,29)/t14-/m1/s1. The lowest BCUT2D eigenvalue weighted by Crippen LogP contribution is -2.50. The molecule has 1 aliphatic carbocycles. The van der Waals surface area contributed by atoms with Gasteiger partial charge in [0.1, 0.15) is 11.4 Å². The monoisotopic (exact) mass is 394 g/mol. The molecule has 2 N–H and O–H groups in total. The van der Waals surface area contributed by atoms with Gasteiger partial charge in [0.15, 0.2) is 11.5 Å². The molecule has 0 radical (unpaired) electrons. The lowest BCUT2D eigenvalue weighted by Gasteiger charge is -2.40. The average molecular weight is 394 g/mol. The van der Waals surface area contributed by atoms with Crippen LogP contribution in [-0.4, -0.2) is 60.9 Å².